The predicted molar refractivity (Wildman–Crippen MR) is 69.1 cm³/mol. The van der Waals surface area contributed by atoms with Crippen molar-refractivity contribution in [2.24, 2.45) is 0 Å². The van der Waals surface area contributed by atoms with Crippen molar-refractivity contribution in [1.29, 1.82) is 0 Å². The van der Waals surface area contributed by atoms with Gasteiger partial charge in [-0.1, -0.05) is 6.57 Å². The molecular weight excluding hydrogens is 283 g/mol. The number of piperidine rings is 1. The van der Waals surface area contributed by atoms with E-state index in [1.54, 1.807) is 0 Å². The van der Waals surface area contributed by atoms with Gasteiger partial charge in [-0.15, -0.1) is 4.98 Å². The van der Waals surface area contributed by atoms with Crippen LogP contribution in [0, 0.1) is 6.57 Å². The lowest BCUT2D eigenvalue weighted by atomic mass is 10.0. The number of nitrogens with zero attached hydrogens (tertiary/aromatic N) is 2. The monoisotopic (exact) mass is 297 g/mol. The Morgan fingerprint density at radius 2 is 1.95 bits per heavy atom. The van der Waals surface area contributed by atoms with E-state index in [-0.39, 0.29) is 11.9 Å². The van der Waals surface area contributed by atoms with Crippen molar-refractivity contribution in [1.82, 2.24) is 10.3 Å². The third-order valence-corrected chi connectivity index (χ3v) is 3.99. The fourth-order valence-corrected chi connectivity index (χ4v) is 3.09. The van der Waals surface area contributed by atoms with Crippen LogP contribution in [0.25, 0.3) is 4.85 Å². The maximum atomic E-state index is 12.9. The molecule has 2 atom stereocenters. The molecule has 1 N–H and O–H groups in total. The van der Waals surface area contributed by atoms with Crippen molar-refractivity contribution in [2.45, 2.75) is 50.0 Å². The van der Waals surface area contributed by atoms with Gasteiger partial charge in [0.15, 0.2) is 11.9 Å². The summed E-state index contributed by atoms with van der Waals surface area (Å²) in [7, 11) is 0. The van der Waals surface area contributed by atoms with Crippen molar-refractivity contribution in [2.75, 3.05) is 0 Å². The molecule has 2 bridgehead atoms. The molecule has 2 aliphatic heterocycles. The number of rotatable bonds is 2. The van der Waals surface area contributed by atoms with Crippen molar-refractivity contribution < 1.29 is 17.9 Å². The van der Waals surface area contributed by atoms with Gasteiger partial charge in [-0.05, 0) is 31.7 Å². The number of ether oxygens (including phenoxy) is 1. The molecule has 1 aromatic rings. The van der Waals surface area contributed by atoms with Gasteiger partial charge in [-0.2, -0.15) is 13.2 Å². The van der Waals surface area contributed by atoms with Gasteiger partial charge in [0.05, 0.1) is 5.56 Å². The van der Waals surface area contributed by atoms with E-state index in [1.165, 1.54) is 6.20 Å². The Hall–Kier alpha value is -1.81. The van der Waals surface area contributed by atoms with Crippen LogP contribution >= 0.6 is 0 Å². The smallest absolute Gasteiger partial charge is 0.409 e. The van der Waals surface area contributed by atoms with Gasteiger partial charge in [0.25, 0.3) is 5.82 Å². The molecule has 1 aromatic heterocycles. The summed E-state index contributed by atoms with van der Waals surface area (Å²) < 4.78 is 44.3. The average Bonchev–Trinajstić information content (AvgIpc) is 2.77. The second-order valence-corrected chi connectivity index (χ2v) is 5.50. The van der Waals surface area contributed by atoms with E-state index >= 15 is 0 Å². The van der Waals surface area contributed by atoms with Crippen molar-refractivity contribution >= 4 is 5.82 Å². The fourth-order valence-electron chi connectivity index (χ4n) is 3.09. The fraction of sp³-hybridized carbons (Fsp3) is 0.571. The first-order chi connectivity index (χ1) is 9.95. The second-order valence-electron chi connectivity index (χ2n) is 5.50. The molecule has 2 fully saturated rings. The molecule has 3 heterocycles. The molecule has 0 aromatic carbocycles. The highest BCUT2D eigenvalue weighted by Gasteiger charge is 2.37. The summed E-state index contributed by atoms with van der Waals surface area (Å²) in [6.45, 7) is 6.76. The molecule has 0 aliphatic carbocycles. The molecule has 2 unspecified atom stereocenters. The first kappa shape index (κ1) is 14.1. The number of nitrogens with one attached hydrogen (secondary N) is 1. The van der Waals surface area contributed by atoms with Crippen LogP contribution in [0.15, 0.2) is 12.3 Å². The third kappa shape index (κ3) is 2.95. The third-order valence-electron chi connectivity index (χ3n) is 3.99. The van der Waals surface area contributed by atoms with Gasteiger partial charge in [0.1, 0.15) is 6.10 Å². The second kappa shape index (κ2) is 5.19. The van der Waals surface area contributed by atoms with Crippen LogP contribution in [0.1, 0.15) is 31.2 Å². The summed E-state index contributed by atoms with van der Waals surface area (Å²) in [4.78, 5) is 6.38. The Balaban J connectivity index is 1.79. The Bertz CT molecular complexity index is 570. The first-order valence-corrected chi connectivity index (χ1v) is 6.83. The highest BCUT2D eigenvalue weighted by molar-refractivity contribution is 5.49. The zero-order chi connectivity index (χ0) is 15.0. The quantitative estimate of drug-likeness (QED) is 0.851. The minimum Gasteiger partial charge on any atom is -0.486 e. The molecule has 0 saturated carbocycles. The zero-order valence-electron chi connectivity index (χ0n) is 11.2. The normalized spacial score (nSPS) is 28.2. The maximum Gasteiger partial charge on any atom is 0.409 e. The van der Waals surface area contributed by atoms with Crippen LogP contribution in [-0.2, 0) is 6.18 Å². The van der Waals surface area contributed by atoms with Gasteiger partial charge < -0.3 is 14.9 Å². The Kier molecular flexibility index (Phi) is 3.49. The molecule has 2 aliphatic rings. The van der Waals surface area contributed by atoms with Gasteiger partial charge in [-0.25, -0.2) is 0 Å². The van der Waals surface area contributed by atoms with Crippen LogP contribution < -0.4 is 10.1 Å². The number of aromatic nitrogens is 1. The summed E-state index contributed by atoms with van der Waals surface area (Å²) in [5.74, 6) is -0.554. The van der Waals surface area contributed by atoms with Gasteiger partial charge in [0, 0.05) is 12.1 Å². The highest BCUT2D eigenvalue weighted by Crippen LogP contribution is 2.38. The Labute approximate surface area is 120 Å². The van der Waals surface area contributed by atoms with Crippen LogP contribution in [-0.4, -0.2) is 23.2 Å². The number of hydrogen-bond acceptors (Lipinski definition) is 3. The number of hydrogen-bond donors (Lipinski definition) is 1. The molecule has 3 rings (SSSR count). The topological polar surface area (TPSA) is 38.5 Å². The van der Waals surface area contributed by atoms with Crippen LogP contribution in [0.4, 0.5) is 19.0 Å². The van der Waals surface area contributed by atoms with E-state index in [9.17, 15) is 13.2 Å². The van der Waals surface area contributed by atoms with Gasteiger partial charge >= 0.3 is 6.18 Å². The summed E-state index contributed by atoms with van der Waals surface area (Å²) >= 11 is 0. The first-order valence-electron chi connectivity index (χ1n) is 6.83. The summed E-state index contributed by atoms with van der Waals surface area (Å²) in [5, 5.41) is 3.44. The number of alkyl halides is 3. The van der Waals surface area contributed by atoms with Crippen molar-refractivity contribution in [3.63, 3.8) is 0 Å². The van der Waals surface area contributed by atoms with E-state index in [0.717, 1.165) is 31.7 Å². The van der Waals surface area contributed by atoms with E-state index in [4.69, 9.17) is 11.3 Å². The summed E-state index contributed by atoms with van der Waals surface area (Å²) in [6.07, 6.45) is 0.280. The number of halogens is 3. The molecule has 21 heavy (non-hydrogen) atoms. The molecule has 112 valence electrons. The van der Waals surface area contributed by atoms with Gasteiger partial charge in [0.2, 0.25) is 0 Å². The largest absolute Gasteiger partial charge is 0.486 e. The van der Waals surface area contributed by atoms with Crippen LogP contribution in [0.2, 0.25) is 0 Å². The Morgan fingerprint density at radius 1 is 1.29 bits per heavy atom. The highest BCUT2D eigenvalue weighted by atomic mass is 19.4. The number of fused-ring (bicyclic) bond motifs is 2. The molecule has 7 heteroatoms. The molecule has 0 spiro atoms. The minimum absolute atomic E-state index is 0.0843. The molecule has 0 amide bonds. The molecule has 0 radical (unpaired) electrons. The molecule has 4 nitrogen and oxygen atoms in total. The summed E-state index contributed by atoms with van der Waals surface area (Å²) in [5.41, 5.74) is -1.04. The van der Waals surface area contributed by atoms with Crippen molar-refractivity contribution in [3.05, 3.63) is 29.2 Å². The van der Waals surface area contributed by atoms with Crippen molar-refractivity contribution in [3.8, 4) is 5.75 Å². The van der Waals surface area contributed by atoms with E-state index < -0.39 is 17.6 Å². The Morgan fingerprint density at radius 3 is 2.52 bits per heavy atom. The average molecular weight is 297 g/mol. The minimum atomic E-state index is -4.60. The molecule has 2 saturated heterocycles. The lowest BCUT2D eigenvalue weighted by Gasteiger charge is -2.29. The SMILES string of the molecule is [C-]#[N+]c1ncc(OC2CC3CCC(C2)N3)cc1C(F)(F)F. The van der Waals surface area contributed by atoms with E-state index in [1.807, 2.05) is 0 Å². The summed E-state index contributed by atoms with van der Waals surface area (Å²) in [6, 6.07) is 1.67. The standard InChI is InChI=1S/C14H14F3N3O/c1-18-13-12(14(15,16)17)6-11(7-19-13)21-10-4-8-2-3-9(5-10)20-8/h6-10,20H,2-5H2. The van der Waals surface area contributed by atoms with Gasteiger partial charge in [-0.3, -0.25) is 0 Å². The van der Waals surface area contributed by atoms with Crippen LogP contribution in [0.3, 0.4) is 0 Å². The van der Waals surface area contributed by atoms with E-state index in [2.05, 4.69) is 15.1 Å². The molecular formula is C14H14F3N3O. The van der Waals surface area contributed by atoms with Crippen LogP contribution in [0.5, 0.6) is 5.75 Å². The lowest BCUT2D eigenvalue weighted by molar-refractivity contribution is -0.137. The zero-order valence-corrected chi connectivity index (χ0v) is 11.2. The van der Waals surface area contributed by atoms with E-state index in [0.29, 0.717) is 12.1 Å². The predicted octanol–water partition coefficient (Wildman–Crippen LogP) is 3.31. The maximum absolute atomic E-state index is 12.9. The lowest BCUT2D eigenvalue weighted by Crippen LogP contribution is -2.42. The number of pyridine rings is 1.